The highest BCUT2D eigenvalue weighted by Crippen LogP contribution is 2.34. The van der Waals surface area contributed by atoms with Gasteiger partial charge in [-0.05, 0) is 25.0 Å². The third kappa shape index (κ3) is 2.61. The summed E-state index contributed by atoms with van der Waals surface area (Å²) in [5.41, 5.74) is 0.816. The van der Waals surface area contributed by atoms with Crippen LogP contribution in [-0.4, -0.2) is 16.7 Å². The maximum atomic E-state index is 6.23. The van der Waals surface area contributed by atoms with Crippen LogP contribution in [0.3, 0.4) is 0 Å². The summed E-state index contributed by atoms with van der Waals surface area (Å²) in [6, 6.07) is 6.10. The molecule has 0 aliphatic heterocycles. The molecule has 0 atom stereocenters. The number of methoxy groups -OCH3 is 1. The summed E-state index contributed by atoms with van der Waals surface area (Å²) in [7, 11) is 1.65. The smallest absolute Gasteiger partial charge is 0.207 e. The van der Waals surface area contributed by atoms with Crippen LogP contribution < -0.4 is 10.1 Å². The topological polar surface area (TPSA) is 39.1 Å². The molecule has 2 aromatic rings. The van der Waals surface area contributed by atoms with Crippen LogP contribution in [0.1, 0.15) is 31.7 Å². The third-order valence-electron chi connectivity index (χ3n) is 3.81. The second-order valence-electron chi connectivity index (χ2n) is 5.07. The number of imidazole rings is 1. The number of nitrogens with zero attached hydrogens (tertiary/aromatic N) is 2. The van der Waals surface area contributed by atoms with Gasteiger partial charge >= 0.3 is 0 Å². The second-order valence-corrected chi connectivity index (χ2v) is 5.47. The normalized spacial score (nSPS) is 15.5. The van der Waals surface area contributed by atoms with Crippen molar-refractivity contribution in [3.63, 3.8) is 0 Å². The Bertz CT molecular complexity index is 591. The van der Waals surface area contributed by atoms with Crippen molar-refractivity contribution in [3.05, 3.63) is 35.6 Å². The molecule has 1 aromatic carbocycles. The number of anilines is 2. The Hall–Kier alpha value is -1.68. The number of benzene rings is 1. The molecular formula is C15H18ClN3O. The van der Waals surface area contributed by atoms with E-state index >= 15 is 0 Å². The fraction of sp³-hybridized carbons (Fsp3) is 0.400. The zero-order valence-corrected chi connectivity index (χ0v) is 12.2. The minimum atomic E-state index is 0.546. The summed E-state index contributed by atoms with van der Waals surface area (Å²) in [6.07, 6.45) is 8.89. The van der Waals surface area contributed by atoms with E-state index in [0.29, 0.717) is 11.1 Å². The molecule has 3 rings (SSSR count). The van der Waals surface area contributed by atoms with Crippen molar-refractivity contribution in [2.24, 2.45) is 0 Å². The van der Waals surface area contributed by atoms with Crippen molar-refractivity contribution < 1.29 is 4.74 Å². The van der Waals surface area contributed by atoms with Crippen LogP contribution in [0.25, 0.3) is 0 Å². The number of hydrogen-bond acceptors (Lipinski definition) is 3. The Labute approximate surface area is 123 Å². The number of halogens is 1. The molecule has 0 unspecified atom stereocenters. The van der Waals surface area contributed by atoms with Crippen LogP contribution in [0.5, 0.6) is 5.75 Å². The molecular weight excluding hydrogens is 274 g/mol. The van der Waals surface area contributed by atoms with E-state index in [9.17, 15) is 0 Å². The van der Waals surface area contributed by atoms with Gasteiger partial charge in [-0.15, -0.1) is 0 Å². The van der Waals surface area contributed by atoms with E-state index in [1.165, 1.54) is 25.7 Å². The lowest BCUT2D eigenvalue weighted by atomic mass is 10.2. The maximum absolute atomic E-state index is 6.23. The zero-order chi connectivity index (χ0) is 13.9. The molecule has 5 heteroatoms. The Balaban J connectivity index is 1.86. The molecule has 0 radical (unpaired) electrons. The van der Waals surface area contributed by atoms with Crippen molar-refractivity contribution >= 4 is 23.2 Å². The van der Waals surface area contributed by atoms with Crippen LogP contribution in [0.15, 0.2) is 30.6 Å². The molecule has 1 aliphatic rings. The van der Waals surface area contributed by atoms with Gasteiger partial charge in [-0.1, -0.05) is 24.4 Å². The molecule has 0 bridgehead atoms. The van der Waals surface area contributed by atoms with E-state index in [4.69, 9.17) is 16.3 Å². The molecule has 1 aromatic heterocycles. The van der Waals surface area contributed by atoms with Crippen molar-refractivity contribution in [3.8, 4) is 5.75 Å². The molecule has 1 aliphatic carbocycles. The number of rotatable bonds is 4. The van der Waals surface area contributed by atoms with Crippen molar-refractivity contribution in [2.45, 2.75) is 31.7 Å². The molecule has 4 nitrogen and oxygen atoms in total. The lowest BCUT2D eigenvalue weighted by Gasteiger charge is -2.16. The van der Waals surface area contributed by atoms with Gasteiger partial charge in [0, 0.05) is 24.5 Å². The Morgan fingerprint density at radius 1 is 1.35 bits per heavy atom. The highest BCUT2D eigenvalue weighted by molar-refractivity contribution is 6.33. The second kappa shape index (κ2) is 5.75. The predicted octanol–water partition coefficient (Wildman–Crippen LogP) is 4.40. The number of aromatic nitrogens is 2. The zero-order valence-electron chi connectivity index (χ0n) is 11.5. The van der Waals surface area contributed by atoms with Gasteiger partial charge in [-0.25, -0.2) is 4.98 Å². The summed E-state index contributed by atoms with van der Waals surface area (Å²) in [4.78, 5) is 4.41. The fourth-order valence-corrected chi connectivity index (χ4v) is 2.90. The first kappa shape index (κ1) is 13.3. The lowest BCUT2D eigenvalue weighted by Crippen LogP contribution is -2.08. The summed E-state index contributed by atoms with van der Waals surface area (Å²) in [6.45, 7) is 0. The molecule has 20 heavy (non-hydrogen) atoms. The van der Waals surface area contributed by atoms with Gasteiger partial charge < -0.3 is 14.6 Å². The predicted molar refractivity (Wildman–Crippen MR) is 81.0 cm³/mol. The van der Waals surface area contributed by atoms with Crippen LogP contribution in [0.2, 0.25) is 5.02 Å². The summed E-state index contributed by atoms with van der Waals surface area (Å²) < 4.78 is 7.44. The van der Waals surface area contributed by atoms with E-state index in [0.717, 1.165) is 17.4 Å². The highest BCUT2D eigenvalue weighted by Gasteiger charge is 2.19. The molecule has 0 saturated heterocycles. The molecule has 0 spiro atoms. The quantitative estimate of drug-likeness (QED) is 0.907. The lowest BCUT2D eigenvalue weighted by molar-refractivity contribution is 0.415. The average molecular weight is 292 g/mol. The van der Waals surface area contributed by atoms with E-state index < -0.39 is 0 Å². The first-order chi connectivity index (χ1) is 9.78. The number of nitrogens with one attached hydrogen (secondary N) is 1. The summed E-state index contributed by atoms with van der Waals surface area (Å²) in [5, 5.41) is 3.97. The van der Waals surface area contributed by atoms with Crippen LogP contribution in [0, 0.1) is 0 Å². The third-order valence-corrected chi connectivity index (χ3v) is 4.14. The molecule has 0 amide bonds. The van der Waals surface area contributed by atoms with Gasteiger partial charge in [-0.2, -0.15) is 0 Å². The van der Waals surface area contributed by atoms with Crippen molar-refractivity contribution in [2.75, 3.05) is 12.4 Å². The van der Waals surface area contributed by atoms with Crippen molar-refractivity contribution in [1.82, 2.24) is 9.55 Å². The largest absolute Gasteiger partial charge is 0.497 e. The monoisotopic (exact) mass is 291 g/mol. The standard InChI is InChI=1S/C15H18ClN3O/c1-20-12-6-7-13(16)14(10-12)18-15-17-8-9-19(15)11-4-2-3-5-11/h6-11H,2-5H2,1H3,(H,17,18). The van der Waals surface area contributed by atoms with Crippen LogP contribution >= 0.6 is 11.6 Å². The van der Waals surface area contributed by atoms with Gasteiger partial charge in [0.05, 0.1) is 17.8 Å². The first-order valence-corrected chi connectivity index (χ1v) is 7.29. The average Bonchev–Trinajstić information content (AvgIpc) is 3.11. The first-order valence-electron chi connectivity index (χ1n) is 6.91. The Morgan fingerprint density at radius 2 is 2.15 bits per heavy atom. The number of hydrogen-bond donors (Lipinski definition) is 1. The number of ether oxygens (including phenoxy) is 1. The van der Waals surface area contributed by atoms with E-state index in [2.05, 4.69) is 14.9 Å². The molecule has 1 saturated carbocycles. The van der Waals surface area contributed by atoms with Gasteiger partial charge in [0.2, 0.25) is 5.95 Å². The van der Waals surface area contributed by atoms with E-state index in [-0.39, 0.29) is 0 Å². The van der Waals surface area contributed by atoms with Gasteiger partial charge in [-0.3, -0.25) is 0 Å². The summed E-state index contributed by atoms with van der Waals surface area (Å²) >= 11 is 6.23. The molecule has 1 heterocycles. The maximum Gasteiger partial charge on any atom is 0.207 e. The highest BCUT2D eigenvalue weighted by atomic mass is 35.5. The van der Waals surface area contributed by atoms with Crippen LogP contribution in [-0.2, 0) is 0 Å². The molecule has 1 fully saturated rings. The van der Waals surface area contributed by atoms with Crippen LogP contribution in [0.4, 0.5) is 11.6 Å². The van der Waals surface area contributed by atoms with Gasteiger partial charge in [0.25, 0.3) is 0 Å². The van der Waals surface area contributed by atoms with E-state index in [1.807, 2.05) is 30.6 Å². The SMILES string of the molecule is COc1ccc(Cl)c(Nc2nccn2C2CCCC2)c1. The molecule has 1 N–H and O–H groups in total. The van der Waals surface area contributed by atoms with Crippen molar-refractivity contribution in [1.29, 1.82) is 0 Å². The Morgan fingerprint density at radius 3 is 2.90 bits per heavy atom. The summed E-state index contributed by atoms with van der Waals surface area (Å²) in [5.74, 6) is 1.61. The van der Waals surface area contributed by atoms with Gasteiger partial charge in [0.15, 0.2) is 0 Å². The van der Waals surface area contributed by atoms with E-state index in [1.54, 1.807) is 7.11 Å². The minimum Gasteiger partial charge on any atom is -0.497 e. The fourth-order valence-electron chi connectivity index (χ4n) is 2.73. The minimum absolute atomic E-state index is 0.546. The van der Waals surface area contributed by atoms with Gasteiger partial charge in [0.1, 0.15) is 5.75 Å². The Kier molecular flexibility index (Phi) is 3.83. The molecule has 106 valence electrons.